The number of hydrazone groups is 1. The van der Waals surface area contributed by atoms with Gasteiger partial charge in [-0.25, -0.2) is 5.43 Å². The van der Waals surface area contributed by atoms with Gasteiger partial charge in [0.1, 0.15) is 11.5 Å². The molecule has 0 atom stereocenters. The van der Waals surface area contributed by atoms with Crippen molar-refractivity contribution in [2.24, 2.45) is 5.10 Å². The summed E-state index contributed by atoms with van der Waals surface area (Å²) in [5, 5.41) is 6.50. The Hall–Kier alpha value is -2.57. The minimum atomic E-state index is -0.288. The standard InChI is InChI=1S/C14H19N3O4/c1-9(16-17-10(2)18)7-14(19)15-12-8-11(20-3)5-6-13(12)21-4/h5-6,8H,7H2,1-4H3,(H,15,19)(H,17,18)/b16-9-. The van der Waals surface area contributed by atoms with Crippen LogP contribution in [-0.4, -0.2) is 31.7 Å². The van der Waals surface area contributed by atoms with E-state index < -0.39 is 0 Å². The normalized spacial score (nSPS) is 10.8. The lowest BCUT2D eigenvalue weighted by Crippen LogP contribution is -2.19. The largest absolute Gasteiger partial charge is 0.497 e. The molecule has 1 rings (SSSR count). The minimum absolute atomic E-state index is 0.0562. The topological polar surface area (TPSA) is 89.0 Å². The van der Waals surface area contributed by atoms with Crippen LogP contribution >= 0.6 is 0 Å². The van der Waals surface area contributed by atoms with Crippen molar-refractivity contribution < 1.29 is 19.1 Å². The average Bonchev–Trinajstić information content (AvgIpc) is 2.44. The maximum Gasteiger partial charge on any atom is 0.236 e. The van der Waals surface area contributed by atoms with Crippen molar-refractivity contribution in [3.8, 4) is 11.5 Å². The molecule has 0 aromatic heterocycles. The third kappa shape index (κ3) is 5.52. The Labute approximate surface area is 123 Å². The summed E-state index contributed by atoms with van der Waals surface area (Å²) < 4.78 is 10.3. The number of amides is 2. The van der Waals surface area contributed by atoms with Gasteiger partial charge in [-0.2, -0.15) is 5.10 Å². The zero-order chi connectivity index (χ0) is 15.8. The molecule has 0 fully saturated rings. The molecule has 7 nitrogen and oxygen atoms in total. The van der Waals surface area contributed by atoms with Crippen molar-refractivity contribution in [2.75, 3.05) is 19.5 Å². The maximum atomic E-state index is 11.9. The lowest BCUT2D eigenvalue weighted by atomic mass is 10.2. The molecule has 0 saturated heterocycles. The molecule has 114 valence electrons. The number of nitrogens with zero attached hydrogens (tertiary/aromatic N) is 1. The van der Waals surface area contributed by atoms with Gasteiger partial charge in [0.15, 0.2) is 0 Å². The van der Waals surface area contributed by atoms with Gasteiger partial charge in [-0.3, -0.25) is 9.59 Å². The number of nitrogens with one attached hydrogen (secondary N) is 2. The number of ether oxygens (including phenoxy) is 2. The van der Waals surface area contributed by atoms with E-state index in [1.54, 1.807) is 25.1 Å². The lowest BCUT2D eigenvalue weighted by molar-refractivity contribution is -0.119. The molecule has 7 heteroatoms. The molecule has 1 aromatic carbocycles. The minimum Gasteiger partial charge on any atom is -0.497 e. The van der Waals surface area contributed by atoms with Crippen molar-refractivity contribution in [1.82, 2.24) is 5.43 Å². The number of hydrogen-bond donors (Lipinski definition) is 2. The van der Waals surface area contributed by atoms with Gasteiger partial charge in [0.2, 0.25) is 11.8 Å². The van der Waals surface area contributed by atoms with Crippen molar-refractivity contribution >= 4 is 23.2 Å². The fourth-order valence-electron chi connectivity index (χ4n) is 1.55. The second-order valence-electron chi connectivity index (χ2n) is 4.31. The van der Waals surface area contributed by atoms with Crippen LogP contribution in [0.2, 0.25) is 0 Å². The molecule has 21 heavy (non-hydrogen) atoms. The van der Waals surface area contributed by atoms with Gasteiger partial charge in [0.05, 0.1) is 26.3 Å². The zero-order valence-electron chi connectivity index (χ0n) is 12.5. The van der Waals surface area contributed by atoms with E-state index in [0.29, 0.717) is 22.9 Å². The molecule has 0 heterocycles. The second-order valence-corrected chi connectivity index (χ2v) is 4.31. The molecule has 1 aromatic rings. The van der Waals surface area contributed by atoms with E-state index in [1.165, 1.54) is 21.1 Å². The summed E-state index contributed by atoms with van der Waals surface area (Å²) in [4.78, 5) is 22.7. The first-order valence-corrected chi connectivity index (χ1v) is 6.28. The molecule has 0 radical (unpaired) electrons. The molecule has 2 N–H and O–H groups in total. The van der Waals surface area contributed by atoms with Crippen LogP contribution in [0.1, 0.15) is 20.3 Å². The molecular formula is C14H19N3O4. The summed E-state index contributed by atoms with van der Waals surface area (Å²) in [5.41, 5.74) is 3.28. The zero-order valence-corrected chi connectivity index (χ0v) is 12.5. The molecule has 0 bridgehead atoms. The molecule has 0 spiro atoms. The number of hydrogen-bond acceptors (Lipinski definition) is 5. The molecule has 0 aliphatic carbocycles. The third-order valence-electron chi connectivity index (χ3n) is 2.50. The van der Waals surface area contributed by atoms with Crippen LogP contribution in [0.3, 0.4) is 0 Å². The Morgan fingerprint density at radius 1 is 1.19 bits per heavy atom. The van der Waals surface area contributed by atoms with Crippen molar-refractivity contribution in [1.29, 1.82) is 0 Å². The molecule has 0 aliphatic rings. The van der Waals surface area contributed by atoms with Gasteiger partial charge < -0.3 is 14.8 Å². The Morgan fingerprint density at radius 3 is 2.48 bits per heavy atom. The summed E-state index contributed by atoms with van der Waals surface area (Å²) in [7, 11) is 3.05. The van der Waals surface area contributed by atoms with Crippen LogP contribution in [0.25, 0.3) is 0 Å². The van der Waals surface area contributed by atoms with Gasteiger partial charge in [-0.1, -0.05) is 0 Å². The number of carbonyl (C=O) groups is 2. The average molecular weight is 293 g/mol. The Bertz CT molecular complexity index is 555. The summed E-state index contributed by atoms with van der Waals surface area (Å²) >= 11 is 0. The van der Waals surface area contributed by atoms with Gasteiger partial charge in [-0.15, -0.1) is 0 Å². The second kappa shape index (κ2) is 7.88. The molecule has 2 amide bonds. The number of benzene rings is 1. The van der Waals surface area contributed by atoms with E-state index in [2.05, 4.69) is 15.8 Å². The number of methoxy groups -OCH3 is 2. The summed E-state index contributed by atoms with van der Waals surface area (Å²) in [5.74, 6) is 0.577. The summed E-state index contributed by atoms with van der Waals surface area (Å²) in [6.45, 7) is 3.00. The van der Waals surface area contributed by atoms with E-state index in [9.17, 15) is 9.59 Å². The highest BCUT2D eigenvalue weighted by Crippen LogP contribution is 2.28. The van der Waals surface area contributed by atoms with Gasteiger partial charge in [0, 0.05) is 18.7 Å². The van der Waals surface area contributed by atoms with Crippen LogP contribution < -0.4 is 20.2 Å². The first kappa shape index (κ1) is 16.5. The summed E-state index contributed by atoms with van der Waals surface area (Å²) in [6.07, 6.45) is 0.0562. The van der Waals surface area contributed by atoms with Gasteiger partial charge >= 0.3 is 0 Å². The smallest absolute Gasteiger partial charge is 0.236 e. The van der Waals surface area contributed by atoms with Gasteiger partial charge in [0.25, 0.3) is 0 Å². The lowest BCUT2D eigenvalue weighted by Gasteiger charge is -2.11. The Kier molecular flexibility index (Phi) is 6.19. The Balaban J connectivity index is 2.74. The molecule has 0 aliphatic heterocycles. The van der Waals surface area contributed by atoms with Crippen molar-refractivity contribution in [3.63, 3.8) is 0 Å². The third-order valence-corrected chi connectivity index (χ3v) is 2.50. The van der Waals surface area contributed by atoms with Crippen LogP contribution in [0, 0.1) is 0 Å². The monoisotopic (exact) mass is 293 g/mol. The predicted molar refractivity (Wildman–Crippen MR) is 79.7 cm³/mol. The quantitative estimate of drug-likeness (QED) is 0.615. The first-order valence-electron chi connectivity index (χ1n) is 6.28. The highest BCUT2D eigenvalue weighted by Gasteiger charge is 2.10. The highest BCUT2D eigenvalue weighted by atomic mass is 16.5. The molecular weight excluding hydrogens is 274 g/mol. The fraction of sp³-hybridized carbons (Fsp3) is 0.357. The van der Waals surface area contributed by atoms with E-state index in [1.807, 2.05) is 0 Å². The van der Waals surface area contributed by atoms with Crippen molar-refractivity contribution in [3.05, 3.63) is 18.2 Å². The number of rotatable bonds is 6. The van der Waals surface area contributed by atoms with E-state index in [-0.39, 0.29) is 18.2 Å². The molecule has 0 saturated carbocycles. The van der Waals surface area contributed by atoms with Gasteiger partial charge in [-0.05, 0) is 19.1 Å². The predicted octanol–water partition coefficient (Wildman–Crippen LogP) is 1.54. The summed E-state index contributed by atoms with van der Waals surface area (Å²) in [6, 6.07) is 5.10. The highest BCUT2D eigenvalue weighted by molar-refractivity contribution is 6.06. The van der Waals surface area contributed by atoms with Crippen LogP contribution in [0.5, 0.6) is 11.5 Å². The number of carbonyl (C=O) groups excluding carboxylic acids is 2. The van der Waals surface area contributed by atoms with Crippen LogP contribution in [0.15, 0.2) is 23.3 Å². The SMILES string of the molecule is COc1ccc(OC)c(NC(=O)C/C(C)=N\NC(C)=O)c1. The van der Waals surface area contributed by atoms with Crippen LogP contribution in [-0.2, 0) is 9.59 Å². The maximum absolute atomic E-state index is 11.9. The van der Waals surface area contributed by atoms with Crippen molar-refractivity contribution in [2.45, 2.75) is 20.3 Å². The first-order chi connectivity index (χ1) is 9.96. The molecule has 0 unspecified atom stereocenters. The van der Waals surface area contributed by atoms with E-state index >= 15 is 0 Å². The van der Waals surface area contributed by atoms with E-state index in [4.69, 9.17) is 9.47 Å². The Morgan fingerprint density at radius 2 is 1.90 bits per heavy atom. The van der Waals surface area contributed by atoms with E-state index in [0.717, 1.165) is 0 Å². The fourth-order valence-corrected chi connectivity index (χ4v) is 1.55. The number of anilines is 1. The van der Waals surface area contributed by atoms with Crippen LogP contribution in [0.4, 0.5) is 5.69 Å².